The number of rotatable bonds is 1. The predicted molar refractivity (Wildman–Crippen MR) is 54.5 cm³/mol. The summed E-state index contributed by atoms with van der Waals surface area (Å²) in [7, 11) is 0. The van der Waals surface area contributed by atoms with E-state index >= 15 is 0 Å². The Morgan fingerprint density at radius 2 is 1.85 bits per heavy atom. The average Bonchev–Trinajstić information content (AvgIpc) is 1.96. The van der Waals surface area contributed by atoms with E-state index in [1.54, 1.807) is 0 Å². The normalized spacial score (nSPS) is 44.8. The second-order valence-corrected chi connectivity index (χ2v) is 6.07. The first-order valence-electron chi connectivity index (χ1n) is 5.66. The molecule has 0 bridgehead atoms. The van der Waals surface area contributed by atoms with E-state index in [4.69, 9.17) is 0 Å². The Kier molecular flexibility index (Phi) is 1.99. The van der Waals surface area contributed by atoms with Gasteiger partial charge in [-0.25, -0.2) is 0 Å². The van der Waals surface area contributed by atoms with Crippen LogP contribution in [0.5, 0.6) is 0 Å². The molecule has 1 N–H and O–H groups in total. The highest BCUT2D eigenvalue weighted by molar-refractivity contribution is 5.03. The van der Waals surface area contributed by atoms with Gasteiger partial charge >= 0.3 is 0 Å². The van der Waals surface area contributed by atoms with Crippen LogP contribution in [0.1, 0.15) is 52.9 Å². The molecule has 2 saturated carbocycles. The minimum Gasteiger partial charge on any atom is -0.389 e. The van der Waals surface area contributed by atoms with Crippen molar-refractivity contribution < 1.29 is 5.11 Å². The molecule has 0 spiro atoms. The van der Waals surface area contributed by atoms with Gasteiger partial charge in [-0.1, -0.05) is 27.2 Å². The van der Waals surface area contributed by atoms with E-state index in [0.717, 1.165) is 6.42 Å². The SMILES string of the molecule is CC1CC(C)(C)CC1(O)C1CCC1. The Morgan fingerprint density at radius 1 is 1.23 bits per heavy atom. The molecule has 0 saturated heterocycles. The largest absolute Gasteiger partial charge is 0.389 e. The Labute approximate surface area is 81.5 Å². The third kappa shape index (κ3) is 1.41. The Hall–Kier alpha value is -0.0400. The maximum atomic E-state index is 10.6. The van der Waals surface area contributed by atoms with Gasteiger partial charge in [-0.15, -0.1) is 0 Å². The zero-order valence-corrected chi connectivity index (χ0v) is 9.14. The third-order valence-electron chi connectivity index (χ3n) is 4.29. The fourth-order valence-corrected chi connectivity index (χ4v) is 3.47. The fourth-order valence-electron chi connectivity index (χ4n) is 3.47. The summed E-state index contributed by atoms with van der Waals surface area (Å²) in [6, 6.07) is 0. The zero-order valence-electron chi connectivity index (χ0n) is 9.14. The van der Waals surface area contributed by atoms with Crippen LogP contribution in [0.15, 0.2) is 0 Å². The summed E-state index contributed by atoms with van der Waals surface area (Å²) in [5, 5.41) is 10.6. The average molecular weight is 182 g/mol. The lowest BCUT2D eigenvalue weighted by Crippen LogP contribution is -2.44. The van der Waals surface area contributed by atoms with Gasteiger partial charge in [0, 0.05) is 0 Å². The van der Waals surface area contributed by atoms with Crippen molar-refractivity contribution in [3.8, 4) is 0 Å². The molecule has 0 amide bonds. The van der Waals surface area contributed by atoms with Crippen molar-refractivity contribution in [1.82, 2.24) is 0 Å². The maximum absolute atomic E-state index is 10.6. The molecule has 1 heteroatoms. The van der Waals surface area contributed by atoms with E-state index in [9.17, 15) is 5.11 Å². The molecule has 2 rings (SSSR count). The second kappa shape index (κ2) is 2.73. The lowest BCUT2D eigenvalue weighted by molar-refractivity contribution is -0.0785. The first-order valence-corrected chi connectivity index (χ1v) is 5.66. The van der Waals surface area contributed by atoms with E-state index < -0.39 is 0 Å². The Balaban J connectivity index is 2.13. The van der Waals surface area contributed by atoms with E-state index in [1.165, 1.54) is 25.7 Å². The van der Waals surface area contributed by atoms with Crippen LogP contribution in [0, 0.1) is 17.3 Å². The molecule has 2 aliphatic rings. The van der Waals surface area contributed by atoms with Crippen molar-refractivity contribution >= 4 is 0 Å². The molecule has 0 radical (unpaired) electrons. The number of aliphatic hydroxyl groups is 1. The van der Waals surface area contributed by atoms with Crippen molar-refractivity contribution in [2.75, 3.05) is 0 Å². The van der Waals surface area contributed by atoms with Crippen LogP contribution in [0.2, 0.25) is 0 Å². The Bertz CT molecular complexity index is 205. The summed E-state index contributed by atoms with van der Waals surface area (Å²) in [5.74, 6) is 1.12. The molecular formula is C12H22O. The van der Waals surface area contributed by atoms with E-state index in [0.29, 0.717) is 17.3 Å². The monoisotopic (exact) mass is 182 g/mol. The molecule has 2 fully saturated rings. The van der Waals surface area contributed by atoms with Crippen molar-refractivity contribution in [3.63, 3.8) is 0 Å². The topological polar surface area (TPSA) is 20.2 Å². The molecule has 0 aromatic rings. The zero-order chi connectivity index (χ0) is 9.69. The van der Waals surface area contributed by atoms with E-state index in [1.807, 2.05) is 0 Å². The first kappa shape index (κ1) is 9.51. The maximum Gasteiger partial charge on any atom is 0.0706 e. The standard InChI is InChI=1S/C12H22O/c1-9-7-11(2,3)8-12(9,13)10-5-4-6-10/h9-10,13H,4-8H2,1-3H3. The van der Waals surface area contributed by atoms with Crippen LogP contribution in [0.4, 0.5) is 0 Å². The van der Waals surface area contributed by atoms with Crippen LogP contribution in [0.3, 0.4) is 0 Å². The second-order valence-electron chi connectivity index (χ2n) is 6.07. The summed E-state index contributed by atoms with van der Waals surface area (Å²) >= 11 is 0. The summed E-state index contributed by atoms with van der Waals surface area (Å²) < 4.78 is 0. The summed E-state index contributed by atoms with van der Waals surface area (Å²) in [6.45, 7) is 6.81. The molecule has 1 nitrogen and oxygen atoms in total. The molecule has 2 atom stereocenters. The summed E-state index contributed by atoms with van der Waals surface area (Å²) in [5.41, 5.74) is 0.0471. The van der Waals surface area contributed by atoms with Crippen molar-refractivity contribution in [3.05, 3.63) is 0 Å². The first-order chi connectivity index (χ1) is 5.94. The molecule has 2 aliphatic carbocycles. The molecule has 2 unspecified atom stereocenters. The van der Waals surface area contributed by atoms with Crippen LogP contribution in [0.25, 0.3) is 0 Å². The van der Waals surface area contributed by atoms with Gasteiger partial charge in [0.1, 0.15) is 0 Å². The molecule has 0 aromatic carbocycles. The molecule has 0 aromatic heterocycles. The van der Waals surface area contributed by atoms with Crippen molar-refractivity contribution in [2.45, 2.75) is 58.5 Å². The highest BCUT2D eigenvalue weighted by Crippen LogP contribution is 2.54. The van der Waals surface area contributed by atoms with Crippen LogP contribution >= 0.6 is 0 Å². The van der Waals surface area contributed by atoms with Crippen molar-refractivity contribution in [2.24, 2.45) is 17.3 Å². The number of hydrogen-bond donors (Lipinski definition) is 1. The van der Waals surface area contributed by atoms with E-state index in [-0.39, 0.29) is 5.60 Å². The molecule has 0 heterocycles. The van der Waals surface area contributed by atoms with Crippen molar-refractivity contribution in [1.29, 1.82) is 0 Å². The molecule has 13 heavy (non-hydrogen) atoms. The lowest BCUT2D eigenvalue weighted by Gasteiger charge is -2.42. The highest BCUT2D eigenvalue weighted by Gasteiger charge is 2.52. The van der Waals surface area contributed by atoms with Gasteiger partial charge in [-0.3, -0.25) is 0 Å². The quantitative estimate of drug-likeness (QED) is 0.661. The summed E-state index contributed by atoms with van der Waals surface area (Å²) in [4.78, 5) is 0. The van der Waals surface area contributed by atoms with Gasteiger partial charge in [0.05, 0.1) is 5.60 Å². The van der Waals surface area contributed by atoms with Crippen LogP contribution < -0.4 is 0 Å². The summed E-state index contributed by atoms with van der Waals surface area (Å²) in [6.07, 6.45) is 6.07. The van der Waals surface area contributed by atoms with Gasteiger partial charge in [0.15, 0.2) is 0 Å². The van der Waals surface area contributed by atoms with Gasteiger partial charge < -0.3 is 5.11 Å². The predicted octanol–water partition coefficient (Wildman–Crippen LogP) is 2.97. The fraction of sp³-hybridized carbons (Fsp3) is 1.00. The van der Waals surface area contributed by atoms with E-state index in [2.05, 4.69) is 20.8 Å². The smallest absolute Gasteiger partial charge is 0.0706 e. The van der Waals surface area contributed by atoms with Crippen LogP contribution in [-0.2, 0) is 0 Å². The third-order valence-corrected chi connectivity index (χ3v) is 4.29. The molecule has 76 valence electrons. The highest BCUT2D eigenvalue weighted by atomic mass is 16.3. The van der Waals surface area contributed by atoms with Gasteiger partial charge in [0.25, 0.3) is 0 Å². The minimum absolute atomic E-state index is 0.318. The van der Waals surface area contributed by atoms with Gasteiger partial charge in [0.2, 0.25) is 0 Å². The molecule has 0 aliphatic heterocycles. The van der Waals surface area contributed by atoms with Gasteiger partial charge in [-0.2, -0.15) is 0 Å². The molecular weight excluding hydrogens is 160 g/mol. The van der Waals surface area contributed by atoms with Gasteiger partial charge in [-0.05, 0) is 42.9 Å². The minimum atomic E-state index is -0.318. The number of hydrogen-bond acceptors (Lipinski definition) is 1. The Morgan fingerprint density at radius 3 is 2.15 bits per heavy atom. The van der Waals surface area contributed by atoms with Crippen LogP contribution in [-0.4, -0.2) is 10.7 Å². The lowest BCUT2D eigenvalue weighted by atomic mass is 9.68.